The Morgan fingerprint density at radius 2 is 2.15 bits per heavy atom. The molecule has 0 saturated heterocycles. The lowest BCUT2D eigenvalue weighted by molar-refractivity contribution is 0.0696. The molecule has 100 valence electrons. The minimum Gasteiger partial charge on any atom is -0.478 e. The van der Waals surface area contributed by atoms with Crippen molar-refractivity contribution in [2.24, 2.45) is 0 Å². The third-order valence-corrected chi connectivity index (χ3v) is 3.29. The maximum Gasteiger partial charge on any atom is 0.339 e. The smallest absolute Gasteiger partial charge is 0.339 e. The van der Waals surface area contributed by atoms with Gasteiger partial charge in [-0.25, -0.2) is 9.48 Å². The number of hydrogen-bond donors (Lipinski definition) is 1. The van der Waals surface area contributed by atoms with Crippen LogP contribution in [0, 0.1) is 6.92 Å². The summed E-state index contributed by atoms with van der Waals surface area (Å²) in [6.45, 7) is 1.67. The number of aromatic nitrogens is 3. The minimum absolute atomic E-state index is 0.184. The van der Waals surface area contributed by atoms with E-state index in [9.17, 15) is 4.79 Å². The van der Waals surface area contributed by atoms with Gasteiger partial charge in [0.05, 0.1) is 16.9 Å². The van der Waals surface area contributed by atoms with Gasteiger partial charge in [0.2, 0.25) is 0 Å². The third-order valence-electron chi connectivity index (χ3n) is 3.06. The van der Waals surface area contributed by atoms with Crippen molar-refractivity contribution in [1.82, 2.24) is 14.8 Å². The molecular formula is C14H10ClN3O2. The second kappa shape index (κ2) is 4.61. The van der Waals surface area contributed by atoms with E-state index >= 15 is 0 Å². The molecule has 0 amide bonds. The molecule has 0 aliphatic heterocycles. The van der Waals surface area contributed by atoms with Gasteiger partial charge in [-0.05, 0) is 31.2 Å². The summed E-state index contributed by atoms with van der Waals surface area (Å²) < 4.78 is 1.55. The molecule has 0 fully saturated rings. The van der Waals surface area contributed by atoms with Crippen LogP contribution >= 0.6 is 11.6 Å². The van der Waals surface area contributed by atoms with Crippen LogP contribution in [0.1, 0.15) is 16.1 Å². The van der Waals surface area contributed by atoms with Crippen molar-refractivity contribution >= 4 is 28.5 Å². The number of benzene rings is 1. The summed E-state index contributed by atoms with van der Waals surface area (Å²) in [5.41, 5.74) is 2.16. The van der Waals surface area contributed by atoms with E-state index in [1.807, 2.05) is 6.07 Å². The molecule has 1 N–H and O–H groups in total. The zero-order chi connectivity index (χ0) is 14.3. The first-order valence-electron chi connectivity index (χ1n) is 5.90. The lowest BCUT2D eigenvalue weighted by atomic mass is 10.2. The van der Waals surface area contributed by atoms with E-state index in [1.165, 1.54) is 6.20 Å². The Labute approximate surface area is 119 Å². The number of aromatic carboxylic acids is 1. The van der Waals surface area contributed by atoms with E-state index in [1.54, 1.807) is 36.0 Å². The first-order chi connectivity index (χ1) is 9.56. The van der Waals surface area contributed by atoms with E-state index in [4.69, 9.17) is 16.7 Å². The van der Waals surface area contributed by atoms with Gasteiger partial charge in [0, 0.05) is 22.8 Å². The van der Waals surface area contributed by atoms with Crippen molar-refractivity contribution < 1.29 is 9.90 Å². The number of fused-ring (bicyclic) bond motifs is 1. The SMILES string of the molecule is Cc1nn(-c2ccnc3cc(Cl)ccc23)cc1C(=O)O. The molecule has 0 aliphatic rings. The molecule has 0 bridgehead atoms. The normalized spacial score (nSPS) is 10.9. The highest BCUT2D eigenvalue weighted by Gasteiger charge is 2.14. The molecular weight excluding hydrogens is 278 g/mol. The Morgan fingerprint density at radius 1 is 1.35 bits per heavy atom. The number of carbonyl (C=O) groups is 1. The number of carboxylic acid groups (broad SMARTS) is 1. The molecule has 3 aromatic rings. The maximum atomic E-state index is 11.1. The average Bonchev–Trinajstić information content (AvgIpc) is 2.79. The largest absolute Gasteiger partial charge is 0.478 e. The highest BCUT2D eigenvalue weighted by Crippen LogP contribution is 2.24. The highest BCUT2D eigenvalue weighted by molar-refractivity contribution is 6.31. The second-order valence-corrected chi connectivity index (χ2v) is 4.81. The van der Waals surface area contributed by atoms with E-state index in [-0.39, 0.29) is 5.56 Å². The maximum absolute atomic E-state index is 11.1. The van der Waals surface area contributed by atoms with Gasteiger partial charge in [0.15, 0.2) is 0 Å². The average molecular weight is 288 g/mol. The topological polar surface area (TPSA) is 68.0 Å². The van der Waals surface area contributed by atoms with Crippen LogP contribution in [-0.2, 0) is 0 Å². The van der Waals surface area contributed by atoms with Crippen LogP contribution < -0.4 is 0 Å². The molecule has 2 aromatic heterocycles. The fraction of sp³-hybridized carbons (Fsp3) is 0.0714. The number of halogens is 1. The van der Waals surface area contributed by atoms with Crippen molar-refractivity contribution in [1.29, 1.82) is 0 Å². The summed E-state index contributed by atoms with van der Waals surface area (Å²) in [5, 5.41) is 14.8. The summed E-state index contributed by atoms with van der Waals surface area (Å²) >= 11 is 5.95. The van der Waals surface area contributed by atoms with Gasteiger partial charge >= 0.3 is 5.97 Å². The van der Waals surface area contributed by atoms with Gasteiger partial charge in [-0.3, -0.25) is 4.98 Å². The summed E-state index contributed by atoms with van der Waals surface area (Å²) in [6, 6.07) is 7.16. The molecule has 0 spiro atoms. The number of carboxylic acids is 1. The van der Waals surface area contributed by atoms with E-state index < -0.39 is 5.97 Å². The van der Waals surface area contributed by atoms with Crippen molar-refractivity contribution in [2.45, 2.75) is 6.92 Å². The molecule has 5 nitrogen and oxygen atoms in total. The van der Waals surface area contributed by atoms with Gasteiger partial charge in [-0.15, -0.1) is 0 Å². The quantitative estimate of drug-likeness (QED) is 0.786. The third kappa shape index (κ3) is 2.02. The Kier molecular flexibility index (Phi) is 2.91. The van der Waals surface area contributed by atoms with Crippen LogP contribution in [0.2, 0.25) is 5.02 Å². The van der Waals surface area contributed by atoms with Crippen LogP contribution in [0.3, 0.4) is 0 Å². The standard InChI is InChI=1S/C14H10ClN3O2/c1-8-11(14(19)20)7-18(17-8)13-4-5-16-12-6-9(15)2-3-10(12)13/h2-7H,1H3,(H,19,20). The van der Waals surface area contributed by atoms with Gasteiger partial charge in [-0.1, -0.05) is 11.6 Å². The van der Waals surface area contributed by atoms with Gasteiger partial charge < -0.3 is 5.11 Å². The van der Waals surface area contributed by atoms with Crippen LogP contribution in [0.25, 0.3) is 16.6 Å². The lowest BCUT2D eigenvalue weighted by Crippen LogP contribution is -1.97. The van der Waals surface area contributed by atoms with Crippen LogP contribution in [0.5, 0.6) is 0 Å². The molecule has 6 heteroatoms. The molecule has 0 radical (unpaired) electrons. The van der Waals surface area contributed by atoms with Crippen molar-refractivity contribution in [3.63, 3.8) is 0 Å². The number of nitrogens with zero attached hydrogens (tertiary/aromatic N) is 3. The number of hydrogen-bond acceptors (Lipinski definition) is 3. The molecule has 3 rings (SSSR count). The molecule has 0 unspecified atom stereocenters. The Hall–Kier alpha value is -2.40. The molecule has 1 aromatic carbocycles. The monoisotopic (exact) mass is 287 g/mol. The fourth-order valence-electron chi connectivity index (χ4n) is 2.10. The Balaban J connectivity index is 2.24. The highest BCUT2D eigenvalue weighted by atomic mass is 35.5. The van der Waals surface area contributed by atoms with Gasteiger partial charge in [0.25, 0.3) is 0 Å². The second-order valence-electron chi connectivity index (χ2n) is 4.37. The first kappa shape index (κ1) is 12.6. The van der Waals surface area contributed by atoms with E-state index in [0.29, 0.717) is 10.7 Å². The minimum atomic E-state index is -0.991. The van der Waals surface area contributed by atoms with E-state index in [2.05, 4.69) is 10.1 Å². The zero-order valence-electron chi connectivity index (χ0n) is 10.5. The summed E-state index contributed by atoms with van der Waals surface area (Å²) in [5.74, 6) is -0.991. The lowest BCUT2D eigenvalue weighted by Gasteiger charge is -2.06. The molecule has 0 aliphatic carbocycles. The van der Waals surface area contributed by atoms with Gasteiger partial charge in [-0.2, -0.15) is 5.10 Å². The van der Waals surface area contributed by atoms with Crippen LogP contribution in [-0.4, -0.2) is 25.8 Å². The summed E-state index contributed by atoms with van der Waals surface area (Å²) in [6.07, 6.45) is 3.15. The van der Waals surface area contributed by atoms with Gasteiger partial charge in [0.1, 0.15) is 5.56 Å². The van der Waals surface area contributed by atoms with Crippen molar-refractivity contribution in [3.05, 3.63) is 52.9 Å². The van der Waals surface area contributed by atoms with Crippen molar-refractivity contribution in [3.8, 4) is 5.69 Å². The molecule has 0 atom stereocenters. The number of pyridine rings is 1. The number of rotatable bonds is 2. The summed E-state index contributed by atoms with van der Waals surface area (Å²) in [4.78, 5) is 15.3. The molecule has 2 heterocycles. The van der Waals surface area contributed by atoms with Crippen molar-refractivity contribution in [2.75, 3.05) is 0 Å². The van der Waals surface area contributed by atoms with E-state index in [0.717, 1.165) is 16.6 Å². The first-order valence-corrected chi connectivity index (χ1v) is 6.28. The number of aryl methyl sites for hydroxylation is 1. The molecule has 20 heavy (non-hydrogen) atoms. The van der Waals surface area contributed by atoms with Crippen LogP contribution in [0.15, 0.2) is 36.7 Å². The Morgan fingerprint density at radius 3 is 2.85 bits per heavy atom. The zero-order valence-corrected chi connectivity index (χ0v) is 11.3. The Bertz CT molecular complexity index is 826. The predicted octanol–water partition coefficient (Wildman–Crippen LogP) is 3.08. The summed E-state index contributed by atoms with van der Waals surface area (Å²) in [7, 11) is 0. The predicted molar refractivity (Wildman–Crippen MR) is 75.6 cm³/mol. The van der Waals surface area contributed by atoms with Crippen LogP contribution in [0.4, 0.5) is 0 Å². The molecule has 0 saturated carbocycles. The fourth-order valence-corrected chi connectivity index (χ4v) is 2.27.